The van der Waals surface area contributed by atoms with Crippen molar-refractivity contribution in [3.8, 4) is 5.75 Å². The summed E-state index contributed by atoms with van der Waals surface area (Å²) in [5.41, 5.74) is 3.30. The molecule has 0 aliphatic heterocycles. The van der Waals surface area contributed by atoms with Crippen molar-refractivity contribution < 1.29 is 13.9 Å². The van der Waals surface area contributed by atoms with Gasteiger partial charge < -0.3 is 15.4 Å². The van der Waals surface area contributed by atoms with E-state index in [0.717, 1.165) is 16.8 Å². The molecular formula is C21H19ClFN3O2. The van der Waals surface area contributed by atoms with Crippen LogP contribution in [0.1, 0.15) is 21.6 Å². The highest BCUT2D eigenvalue weighted by Gasteiger charge is 2.13. The summed E-state index contributed by atoms with van der Waals surface area (Å²) in [6.45, 7) is 2.37. The van der Waals surface area contributed by atoms with Gasteiger partial charge >= 0.3 is 0 Å². The third-order valence-corrected chi connectivity index (χ3v) is 4.54. The molecule has 0 aliphatic rings. The molecule has 2 aromatic carbocycles. The Morgan fingerprint density at radius 2 is 1.93 bits per heavy atom. The normalized spacial score (nSPS) is 10.4. The summed E-state index contributed by atoms with van der Waals surface area (Å²) in [5, 5.41) is 6.52. The number of carbonyl (C=O) groups excluding carboxylic acids is 1. The van der Waals surface area contributed by atoms with Crippen molar-refractivity contribution in [2.24, 2.45) is 0 Å². The van der Waals surface area contributed by atoms with Crippen LogP contribution in [0, 0.1) is 12.7 Å². The molecule has 7 heteroatoms. The number of ether oxygens (including phenoxy) is 1. The molecular weight excluding hydrogens is 381 g/mol. The number of halogens is 2. The number of hydrogen-bond donors (Lipinski definition) is 2. The lowest BCUT2D eigenvalue weighted by Crippen LogP contribution is -2.14. The Kier molecular flexibility index (Phi) is 6.11. The number of benzene rings is 2. The zero-order valence-electron chi connectivity index (χ0n) is 15.4. The molecule has 0 saturated carbocycles. The van der Waals surface area contributed by atoms with Gasteiger partial charge in [-0.15, -0.1) is 0 Å². The molecule has 28 heavy (non-hydrogen) atoms. The first-order valence-corrected chi connectivity index (χ1v) is 8.94. The van der Waals surface area contributed by atoms with Gasteiger partial charge in [0.2, 0.25) is 0 Å². The number of hydrogen-bond acceptors (Lipinski definition) is 4. The topological polar surface area (TPSA) is 63.2 Å². The number of amides is 1. The second-order valence-corrected chi connectivity index (χ2v) is 6.58. The van der Waals surface area contributed by atoms with Crippen LogP contribution in [0.15, 0.2) is 54.7 Å². The minimum Gasteiger partial charge on any atom is -0.495 e. The van der Waals surface area contributed by atoms with Crippen LogP contribution in [0.2, 0.25) is 5.02 Å². The summed E-state index contributed by atoms with van der Waals surface area (Å²) in [6.07, 6.45) is 1.57. The molecule has 1 heterocycles. The number of aryl methyl sites for hydroxylation is 1. The van der Waals surface area contributed by atoms with Gasteiger partial charge in [-0.05, 0) is 48.4 Å². The van der Waals surface area contributed by atoms with Crippen LogP contribution in [-0.4, -0.2) is 18.0 Å². The summed E-state index contributed by atoms with van der Waals surface area (Å²) in [5.74, 6) is -0.153. The highest BCUT2D eigenvalue weighted by molar-refractivity contribution is 6.31. The summed E-state index contributed by atoms with van der Waals surface area (Å²) in [4.78, 5) is 16.7. The molecule has 0 spiro atoms. The van der Waals surface area contributed by atoms with E-state index < -0.39 is 0 Å². The Bertz CT molecular complexity index is 976. The predicted octanol–water partition coefficient (Wildman–Crippen LogP) is 5.06. The van der Waals surface area contributed by atoms with Crippen molar-refractivity contribution >= 4 is 28.9 Å². The maximum atomic E-state index is 12.9. The molecule has 0 fully saturated rings. The predicted molar refractivity (Wildman–Crippen MR) is 109 cm³/mol. The molecule has 3 aromatic rings. The zero-order chi connectivity index (χ0) is 20.1. The highest BCUT2D eigenvalue weighted by atomic mass is 35.5. The summed E-state index contributed by atoms with van der Waals surface area (Å²) < 4.78 is 18.2. The summed E-state index contributed by atoms with van der Waals surface area (Å²) >= 11 is 6.09. The van der Waals surface area contributed by atoms with Crippen LogP contribution < -0.4 is 15.4 Å². The Labute approximate surface area is 167 Å². The number of nitrogens with one attached hydrogen (secondary N) is 2. The highest BCUT2D eigenvalue weighted by Crippen LogP contribution is 2.31. The van der Waals surface area contributed by atoms with Gasteiger partial charge in [0.1, 0.15) is 17.3 Å². The SMILES string of the molecule is COc1cc(Cl)c(C)cc1NC(=O)c1ccc(NCc2ccc(F)cc2)cn1. The first-order chi connectivity index (χ1) is 13.5. The maximum absolute atomic E-state index is 12.9. The van der Waals surface area contributed by atoms with Gasteiger partial charge in [-0.25, -0.2) is 9.37 Å². The number of aromatic nitrogens is 1. The number of anilines is 2. The Morgan fingerprint density at radius 1 is 1.18 bits per heavy atom. The molecule has 1 amide bonds. The fourth-order valence-electron chi connectivity index (χ4n) is 2.56. The zero-order valence-corrected chi connectivity index (χ0v) is 16.2. The van der Waals surface area contributed by atoms with E-state index in [1.165, 1.54) is 19.2 Å². The van der Waals surface area contributed by atoms with E-state index in [4.69, 9.17) is 16.3 Å². The number of nitrogens with zero attached hydrogens (tertiary/aromatic N) is 1. The lowest BCUT2D eigenvalue weighted by molar-refractivity contribution is 0.102. The van der Waals surface area contributed by atoms with E-state index in [2.05, 4.69) is 15.6 Å². The van der Waals surface area contributed by atoms with Crippen LogP contribution in [-0.2, 0) is 6.54 Å². The molecule has 0 unspecified atom stereocenters. The molecule has 5 nitrogen and oxygen atoms in total. The molecule has 0 bridgehead atoms. The van der Waals surface area contributed by atoms with Crippen LogP contribution in [0.5, 0.6) is 5.75 Å². The van der Waals surface area contributed by atoms with Gasteiger partial charge in [0, 0.05) is 17.6 Å². The van der Waals surface area contributed by atoms with Gasteiger partial charge in [-0.1, -0.05) is 23.7 Å². The van der Waals surface area contributed by atoms with Crippen molar-refractivity contribution in [2.75, 3.05) is 17.7 Å². The molecule has 0 radical (unpaired) electrons. The monoisotopic (exact) mass is 399 g/mol. The van der Waals surface area contributed by atoms with E-state index in [1.54, 1.807) is 42.6 Å². The minimum absolute atomic E-state index is 0.266. The Morgan fingerprint density at radius 3 is 2.57 bits per heavy atom. The Balaban J connectivity index is 1.65. The van der Waals surface area contributed by atoms with Gasteiger partial charge in [-0.3, -0.25) is 4.79 Å². The molecule has 0 saturated heterocycles. The fraction of sp³-hybridized carbons (Fsp3) is 0.143. The van der Waals surface area contributed by atoms with Gasteiger partial charge in [0.05, 0.1) is 24.7 Å². The second-order valence-electron chi connectivity index (χ2n) is 6.17. The molecule has 0 atom stereocenters. The lowest BCUT2D eigenvalue weighted by atomic mass is 10.2. The first kappa shape index (κ1) is 19.6. The van der Waals surface area contributed by atoms with Gasteiger partial charge in [-0.2, -0.15) is 0 Å². The van der Waals surface area contributed by atoms with Crippen molar-refractivity contribution in [3.05, 3.63) is 82.4 Å². The molecule has 144 valence electrons. The largest absolute Gasteiger partial charge is 0.495 e. The molecule has 1 aromatic heterocycles. The van der Waals surface area contributed by atoms with Crippen molar-refractivity contribution in [2.45, 2.75) is 13.5 Å². The third kappa shape index (κ3) is 4.78. The van der Waals surface area contributed by atoms with E-state index in [0.29, 0.717) is 23.0 Å². The summed E-state index contributed by atoms with van der Waals surface area (Å²) in [7, 11) is 1.51. The Hall–Kier alpha value is -3.12. The summed E-state index contributed by atoms with van der Waals surface area (Å²) in [6, 6.07) is 13.0. The number of carbonyl (C=O) groups is 1. The third-order valence-electron chi connectivity index (χ3n) is 4.13. The minimum atomic E-state index is -0.356. The van der Waals surface area contributed by atoms with E-state index in [-0.39, 0.29) is 17.4 Å². The fourth-order valence-corrected chi connectivity index (χ4v) is 2.71. The van der Waals surface area contributed by atoms with Crippen LogP contribution >= 0.6 is 11.6 Å². The maximum Gasteiger partial charge on any atom is 0.274 e. The second kappa shape index (κ2) is 8.71. The average molecular weight is 400 g/mol. The van der Waals surface area contributed by atoms with Gasteiger partial charge in [0.25, 0.3) is 5.91 Å². The van der Waals surface area contributed by atoms with Crippen LogP contribution in [0.4, 0.5) is 15.8 Å². The van der Waals surface area contributed by atoms with E-state index in [1.807, 2.05) is 6.92 Å². The number of pyridine rings is 1. The lowest BCUT2D eigenvalue weighted by Gasteiger charge is -2.12. The van der Waals surface area contributed by atoms with Crippen LogP contribution in [0.25, 0.3) is 0 Å². The van der Waals surface area contributed by atoms with Crippen molar-refractivity contribution in [1.82, 2.24) is 4.98 Å². The quantitative estimate of drug-likeness (QED) is 0.608. The molecule has 0 aliphatic carbocycles. The molecule has 2 N–H and O–H groups in total. The van der Waals surface area contributed by atoms with Gasteiger partial charge in [0.15, 0.2) is 0 Å². The number of methoxy groups -OCH3 is 1. The van der Waals surface area contributed by atoms with Crippen LogP contribution in [0.3, 0.4) is 0 Å². The standard InChI is InChI=1S/C21H19ClFN3O2/c1-13-9-19(20(28-2)10-17(13)22)26-21(27)18-8-7-16(12-25-18)24-11-14-3-5-15(23)6-4-14/h3-10,12,24H,11H2,1-2H3,(H,26,27). The number of rotatable bonds is 6. The smallest absolute Gasteiger partial charge is 0.274 e. The average Bonchev–Trinajstić information content (AvgIpc) is 2.70. The van der Waals surface area contributed by atoms with E-state index >= 15 is 0 Å². The van der Waals surface area contributed by atoms with E-state index in [9.17, 15) is 9.18 Å². The first-order valence-electron chi connectivity index (χ1n) is 8.56. The molecule has 3 rings (SSSR count). The van der Waals surface area contributed by atoms with Crippen molar-refractivity contribution in [1.29, 1.82) is 0 Å². The van der Waals surface area contributed by atoms with Crippen molar-refractivity contribution in [3.63, 3.8) is 0 Å².